The third kappa shape index (κ3) is 3.36. The Balaban J connectivity index is 2.72. The van der Waals surface area contributed by atoms with Gasteiger partial charge >= 0.3 is 0 Å². The number of hydrogen-bond acceptors (Lipinski definition) is 2. The highest BCUT2D eigenvalue weighted by molar-refractivity contribution is 5.83. The van der Waals surface area contributed by atoms with Crippen LogP contribution in [0.15, 0.2) is 5.22 Å². The summed E-state index contributed by atoms with van der Waals surface area (Å²) in [6.45, 7) is 8.42. The van der Waals surface area contributed by atoms with Crippen LogP contribution in [0, 0.1) is 5.92 Å². The largest absolute Gasteiger partial charge is 0.315 e. The van der Waals surface area contributed by atoms with E-state index in [9.17, 15) is 4.79 Å². The first-order valence-corrected chi connectivity index (χ1v) is 5.27. The highest BCUT2D eigenvalue weighted by Gasteiger charge is 2.38. The smallest absolute Gasteiger partial charge is 0.270 e. The zero-order valence-corrected chi connectivity index (χ0v) is 9.82. The summed E-state index contributed by atoms with van der Waals surface area (Å²) in [6.07, 6.45) is 0.813. The zero-order valence-electron chi connectivity index (χ0n) is 9.82. The Morgan fingerprint density at radius 1 is 1.67 bits per heavy atom. The van der Waals surface area contributed by atoms with Crippen LogP contribution in [0.25, 0.3) is 0 Å². The highest BCUT2D eigenvalue weighted by atomic mass is 16.2. The van der Waals surface area contributed by atoms with Crippen molar-refractivity contribution in [1.29, 1.82) is 0 Å². The quantitative estimate of drug-likeness (QED) is 0.427. The molecule has 1 atom stereocenters. The Kier molecular flexibility index (Phi) is 3.86. The molecule has 0 radical (unpaired) electrons. The SMILES string of the molecule is CC(C)=[N+]=NN1CNC(=O)C1CC(C)C. The number of carbonyl (C=O) groups is 1. The molecule has 1 N–H and O–H groups in total. The molecule has 1 saturated heterocycles. The van der Waals surface area contributed by atoms with Crippen LogP contribution in [-0.2, 0) is 4.79 Å². The fraction of sp³-hybridized carbons (Fsp3) is 0.800. The third-order valence-electron chi connectivity index (χ3n) is 2.13. The summed E-state index contributed by atoms with van der Waals surface area (Å²) >= 11 is 0. The molecule has 1 heterocycles. The highest BCUT2D eigenvalue weighted by Crippen LogP contribution is 2.15. The minimum atomic E-state index is -0.159. The first-order valence-electron chi connectivity index (χ1n) is 5.27. The van der Waals surface area contributed by atoms with Gasteiger partial charge in [0.25, 0.3) is 5.91 Å². The minimum Gasteiger partial charge on any atom is -0.315 e. The van der Waals surface area contributed by atoms with E-state index in [-0.39, 0.29) is 11.9 Å². The van der Waals surface area contributed by atoms with Crippen molar-refractivity contribution in [3.8, 4) is 0 Å². The van der Waals surface area contributed by atoms with E-state index >= 15 is 0 Å². The summed E-state index contributed by atoms with van der Waals surface area (Å²) in [5.41, 5.74) is 0.887. The second-order valence-electron chi connectivity index (χ2n) is 4.42. The number of carbonyl (C=O) groups excluding carboxylic acids is 1. The molecule has 1 aliphatic rings. The molecule has 0 spiro atoms. The van der Waals surface area contributed by atoms with Crippen LogP contribution < -0.4 is 5.32 Å². The van der Waals surface area contributed by atoms with Crippen molar-refractivity contribution in [2.45, 2.75) is 40.2 Å². The molecule has 0 aliphatic carbocycles. The van der Waals surface area contributed by atoms with Crippen LogP contribution in [0.4, 0.5) is 0 Å². The molecule has 0 aromatic carbocycles. The van der Waals surface area contributed by atoms with Gasteiger partial charge in [-0.1, -0.05) is 18.6 Å². The van der Waals surface area contributed by atoms with Gasteiger partial charge in [0, 0.05) is 20.3 Å². The third-order valence-corrected chi connectivity index (χ3v) is 2.13. The molecule has 5 heteroatoms. The van der Waals surface area contributed by atoms with E-state index in [1.807, 2.05) is 13.8 Å². The Morgan fingerprint density at radius 3 is 2.87 bits per heavy atom. The lowest BCUT2D eigenvalue weighted by atomic mass is 10.0. The molecule has 0 aromatic rings. The first kappa shape index (κ1) is 11.7. The molecular weight excluding hydrogens is 192 g/mol. The molecule has 0 saturated carbocycles. The molecular formula is C10H19N4O+. The van der Waals surface area contributed by atoms with E-state index in [1.54, 1.807) is 5.01 Å². The van der Waals surface area contributed by atoms with Gasteiger partial charge in [-0.3, -0.25) is 4.79 Å². The van der Waals surface area contributed by atoms with Crippen LogP contribution in [0.2, 0.25) is 0 Å². The van der Waals surface area contributed by atoms with Gasteiger partial charge in [0.1, 0.15) is 0 Å². The van der Waals surface area contributed by atoms with Gasteiger partial charge in [-0.2, -0.15) is 0 Å². The molecule has 1 unspecified atom stereocenters. The fourth-order valence-electron chi connectivity index (χ4n) is 1.44. The predicted molar refractivity (Wildman–Crippen MR) is 57.1 cm³/mol. The second-order valence-corrected chi connectivity index (χ2v) is 4.42. The number of nitrogens with one attached hydrogen (secondary N) is 1. The molecule has 1 fully saturated rings. The van der Waals surface area contributed by atoms with Gasteiger partial charge in [-0.25, -0.2) is 0 Å². The normalized spacial score (nSPS) is 20.2. The number of nitrogens with zero attached hydrogens (tertiary/aromatic N) is 3. The van der Waals surface area contributed by atoms with Crippen LogP contribution in [0.5, 0.6) is 0 Å². The topological polar surface area (TPSA) is 58.8 Å². The lowest BCUT2D eigenvalue weighted by molar-refractivity contribution is -0.151. The second kappa shape index (κ2) is 4.94. The lowest BCUT2D eigenvalue weighted by Gasteiger charge is -2.10. The Bertz CT molecular complexity index is 301. The maximum Gasteiger partial charge on any atom is 0.270 e. The van der Waals surface area contributed by atoms with Gasteiger partial charge in [-0.05, 0) is 5.92 Å². The summed E-state index contributed by atoms with van der Waals surface area (Å²) in [4.78, 5) is 15.5. The van der Waals surface area contributed by atoms with Crippen LogP contribution >= 0.6 is 0 Å². The summed E-state index contributed by atoms with van der Waals surface area (Å²) < 4.78 is 0. The summed E-state index contributed by atoms with van der Waals surface area (Å²) in [5.74, 6) is 0.527. The molecule has 5 nitrogen and oxygen atoms in total. The van der Waals surface area contributed by atoms with Crippen molar-refractivity contribution in [3.63, 3.8) is 0 Å². The van der Waals surface area contributed by atoms with Crippen molar-refractivity contribution in [2.24, 2.45) is 11.1 Å². The van der Waals surface area contributed by atoms with Gasteiger partial charge < -0.3 is 5.32 Å². The van der Waals surface area contributed by atoms with E-state index in [0.717, 1.165) is 12.1 Å². The number of hydrogen-bond donors (Lipinski definition) is 1. The van der Waals surface area contributed by atoms with Crippen LogP contribution in [0.3, 0.4) is 0 Å². The minimum absolute atomic E-state index is 0.0522. The standard InChI is InChI=1S/C10H18N4O/c1-7(2)5-9-10(15)11-6-14(9)13-12-8(3)4/h7,9H,5-6H2,1-4H3/p+1. The molecule has 1 aliphatic heterocycles. The average molecular weight is 211 g/mol. The van der Waals surface area contributed by atoms with Crippen molar-refractivity contribution >= 4 is 11.6 Å². The summed E-state index contributed by atoms with van der Waals surface area (Å²) in [7, 11) is 0. The molecule has 15 heavy (non-hydrogen) atoms. The van der Waals surface area contributed by atoms with Crippen molar-refractivity contribution < 1.29 is 9.58 Å². The molecule has 0 aromatic heterocycles. The maximum atomic E-state index is 11.5. The monoisotopic (exact) mass is 211 g/mol. The van der Waals surface area contributed by atoms with Gasteiger partial charge in [0.15, 0.2) is 17.9 Å². The summed E-state index contributed by atoms with van der Waals surface area (Å²) in [6, 6.07) is -0.159. The van der Waals surface area contributed by atoms with E-state index in [0.29, 0.717) is 12.6 Å². The van der Waals surface area contributed by atoms with Crippen molar-refractivity contribution in [3.05, 3.63) is 0 Å². The lowest BCUT2D eigenvalue weighted by Crippen LogP contribution is -2.31. The van der Waals surface area contributed by atoms with Crippen LogP contribution in [-0.4, -0.2) is 34.1 Å². The van der Waals surface area contributed by atoms with E-state index in [1.165, 1.54) is 0 Å². The average Bonchev–Trinajstić information content (AvgIpc) is 2.44. The Morgan fingerprint density at radius 2 is 2.33 bits per heavy atom. The van der Waals surface area contributed by atoms with E-state index in [4.69, 9.17) is 0 Å². The molecule has 1 rings (SSSR count). The van der Waals surface area contributed by atoms with Crippen molar-refractivity contribution in [2.75, 3.05) is 6.67 Å². The predicted octanol–water partition coefficient (Wildman–Crippen LogP) is 0.847. The Labute approximate surface area is 90.3 Å². The molecule has 84 valence electrons. The number of rotatable bonds is 3. The fourth-order valence-corrected chi connectivity index (χ4v) is 1.44. The molecule has 1 amide bonds. The van der Waals surface area contributed by atoms with Gasteiger partial charge in [0.05, 0.1) is 0 Å². The van der Waals surface area contributed by atoms with E-state index < -0.39 is 0 Å². The maximum absolute atomic E-state index is 11.5. The number of amides is 1. The van der Waals surface area contributed by atoms with Crippen molar-refractivity contribution in [1.82, 2.24) is 10.3 Å². The zero-order chi connectivity index (χ0) is 11.4. The van der Waals surface area contributed by atoms with Crippen LogP contribution in [0.1, 0.15) is 34.1 Å². The Hall–Kier alpha value is -1.35. The van der Waals surface area contributed by atoms with Gasteiger partial charge in [-0.15, -0.1) is 5.01 Å². The van der Waals surface area contributed by atoms with E-state index in [2.05, 4.69) is 29.2 Å². The van der Waals surface area contributed by atoms with Gasteiger partial charge in [0.2, 0.25) is 5.71 Å². The summed E-state index contributed by atoms with van der Waals surface area (Å²) in [5, 5.41) is 8.54. The first-order chi connectivity index (χ1) is 7.00. The molecule has 0 bridgehead atoms.